The number of fused-ring (bicyclic) bond motifs is 2. The molecule has 0 aliphatic carbocycles. The van der Waals surface area contributed by atoms with Gasteiger partial charge in [0, 0.05) is 43.0 Å². The minimum absolute atomic E-state index is 0.0362. The van der Waals surface area contributed by atoms with Gasteiger partial charge in [-0.2, -0.15) is 4.31 Å². The van der Waals surface area contributed by atoms with Crippen molar-refractivity contribution in [2.75, 3.05) is 13.1 Å². The van der Waals surface area contributed by atoms with E-state index in [0.717, 1.165) is 12.6 Å². The van der Waals surface area contributed by atoms with Crippen molar-refractivity contribution in [3.8, 4) is 0 Å². The lowest BCUT2D eigenvalue weighted by Crippen LogP contribution is -2.45. The third-order valence-electron chi connectivity index (χ3n) is 5.64. The van der Waals surface area contributed by atoms with E-state index in [9.17, 15) is 17.6 Å². The van der Waals surface area contributed by atoms with Crippen molar-refractivity contribution in [1.82, 2.24) is 14.2 Å². The van der Waals surface area contributed by atoms with E-state index in [1.165, 1.54) is 23.5 Å². The molecular formula is C18H20FN3O3S. The van der Waals surface area contributed by atoms with Crippen LogP contribution < -0.4 is 0 Å². The molecule has 3 atom stereocenters. The van der Waals surface area contributed by atoms with Crippen LogP contribution >= 0.6 is 0 Å². The van der Waals surface area contributed by atoms with Crippen LogP contribution in [-0.2, 0) is 14.8 Å². The summed E-state index contributed by atoms with van der Waals surface area (Å²) in [4.78, 5) is 17.4. The molecule has 1 amide bonds. The van der Waals surface area contributed by atoms with Crippen LogP contribution in [0.1, 0.15) is 20.3 Å². The lowest BCUT2D eigenvalue weighted by atomic mass is 10.0. The van der Waals surface area contributed by atoms with Crippen LogP contribution in [0.15, 0.2) is 35.5 Å². The highest BCUT2D eigenvalue weighted by atomic mass is 32.2. The summed E-state index contributed by atoms with van der Waals surface area (Å²) >= 11 is 0. The van der Waals surface area contributed by atoms with Crippen LogP contribution in [0.25, 0.3) is 10.8 Å². The number of benzene rings is 1. The number of sulfonamides is 1. The number of halogens is 1. The van der Waals surface area contributed by atoms with Crippen LogP contribution in [0.2, 0.25) is 0 Å². The maximum atomic E-state index is 14.4. The summed E-state index contributed by atoms with van der Waals surface area (Å²) in [5.41, 5.74) is 0. The number of carbonyl (C=O) groups excluding carboxylic acids is 1. The van der Waals surface area contributed by atoms with Gasteiger partial charge >= 0.3 is 0 Å². The van der Waals surface area contributed by atoms with Crippen molar-refractivity contribution in [3.63, 3.8) is 0 Å². The SMILES string of the molecule is CC(=O)N1CCC2CN(S(=O)(=O)c3cccc4cncc(F)c34)C(C)C21. The van der Waals surface area contributed by atoms with Crippen LogP contribution in [0.4, 0.5) is 4.39 Å². The van der Waals surface area contributed by atoms with Gasteiger partial charge in [0.2, 0.25) is 15.9 Å². The number of hydrogen-bond donors (Lipinski definition) is 0. The van der Waals surface area contributed by atoms with Crippen LogP contribution in [-0.4, -0.2) is 53.7 Å². The lowest BCUT2D eigenvalue weighted by Gasteiger charge is -2.30. The molecule has 2 aliphatic rings. The number of pyridine rings is 1. The molecule has 6 nitrogen and oxygen atoms in total. The Bertz CT molecular complexity index is 989. The van der Waals surface area contributed by atoms with Crippen molar-refractivity contribution in [2.45, 2.75) is 37.2 Å². The molecule has 0 radical (unpaired) electrons. The summed E-state index contributed by atoms with van der Waals surface area (Å²) in [5.74, 6) is -0.574. The molecule has 2 saturated heterocycles. The first-order valence-corrected chi connectivity index (χ1v) is 10.1. The summed E-state index contributed by atoms with van der Waals surface area (Å²) in [6.45, 7) is 4.35. The van der Waals surface area contributed by atoms with Crippen molar-refractivity contribution in [3.05, 3.63) is 36.4 Å². The van der Waals surface area contributed by atoms with Gasteiger partial charge in [0.1, 0.15) is 0 Å². The monoisotopic (exact) mass is 377 g/mol. The topological polar surface area (TPSA) is 70.6 Å². The van der Waals surface area contributed by atoms with Gasteiger partial charge in [-0.3, -0.25) is 9.78 Å². The number of carbonyl (C=O) groups is 1. The first kappa shape index (κ1) is 17.4. The first-order valence-electron chi connectivity index (χ1n) is 8.63. The van der Waals surface area contributed by atoms with E-state index >= 15 is 0 Å². The van der Waals surface area contributed by atoms with Gasteiger partial charge in [-0.05, 0) is 25.3 Å². The molecule has 3 unspecified atom stereocenters. The number of amides is 1. The number of likely N-dealkylation sites (tertiary alicyclic amines) is 1. The molecule has 0 N–H and O–H groups in total. The highest BCUT2D eigenvalue weighted by Gasteiger charge is 2.51. The summed E-state index contributed by atoms with van der Waals surface area (Å²) in [7, 11) is -3.90. The largest absolute Gasteiger partial charge is 0.338 e. The fraction of sp³-hybridized carbons (Fsp3) is 0.444. The third-order valence-corrected chi connectivity index (χ3v) is 7.63. The third kappa shape index (κ3) is 2.43. The molecule has 1 aromatic heterocycles. The molecule has 8 heteroatoms. The Hall–Kier alpha value is -2.06. The molecule has 4 rings (SSSR count). The first-order chi connectivity index (χ1) is 12.3. The molecule has 2 aliphatic heterocycles. The molecule has 138 valence electrons. The van der Waals surface area contributed by atoms with Crippen LogP contribution in [0.3, 0.4) is 0 Å². The molecule has 2 fully saturated rings. The fourth-order valence-electron chi connectivity index (χ4n) is 4.49. The van der Waals surface area contributed by atoms with Crippen LogP contribution in [0.5, 0.6) is 0 Å². The maximum absolute atomic E-state index is 14.4. The highest BCUT2D eigenvalue weighted by Crippen LogP contribution is 2.40. The van der Waals surface area contributed by atoms with E-state index in [4.69, 9.17) is 0 Å². The maximum Gasteiger partial charge on any atom is 0.244 e. The average molecular weight is 377 g/mol. The molecule has 0 spiro atoms. The summed E-state index contributed by atoms with van der Waals surface area (Å²) in [5, 5.41) is 0.513. The van der Waals surface area contributed by atoms with Crippen molar-refractivity contribution < 1.29 is 17.6 Å². The second-order valence-electron chi connectivity index (χ2n) is 7.04. The molecule has 26 heavy (non-hydrogen) atoms. The molecule has 3 heterocycles. The van der Waals surface area contributed by atoms with Crippen LogP contribution in [0, 0.1) is 11.7 Å². The number of hydrogen-bond acceptors (Lipinski definition) is 4. The highest BCUT2D eigenvalue weighted by molar-refractivity contribution is 7.89. The molecular weight excluding hydrogens is 357 g/mol. The summed E-state index contributed by atoms with van der Waals surface area (Å²) < 4.78 is 42.5. The van der Waals surface area contributed by atoms with Gasteiger partial charge in [-0.15, -0.1) is 0 Å². The quantitative estimate of drug-likeness (QED) is 0.803. The standard InChI is InChI=1S/C18H20FN3O3S/c1-11-18-14(6-7-21(18)12(2)23)10-22(11)26(24,25)16-5-3-4-13-8-20-9-15(19)17(13)16/h3-5,8-9,11,14,18H,6-7,10H2,1-2H3. The van der Waals surface area contributed by atoms with E-state index in [0.29, 0.717) is 18.5 Å². The van der Waals surface area contributed by atoms with Crippen molar-refractivity contribution >= 4 is 26.7 Å². The molecule has 0 bridgehead atoms. The van der Waals surface area contributed by atoms with Gasteiger partial charge < -0.3 is 4.90 Å². The van der Waals surface area contributed by atoms with Gasteiger partial charge in [0.15, 0.2) is 5.82 Å². The van der Waals surface area contributed by atoms with E-state index in [1.807, 2.05) is 6.92 Å². The number of rotatable bonds is 2. The van der Waals surface area contributed by atoms with Gasteiger partial charge in [0.25, 0.3) is 0 Å². The summed E-state index contributed by atoms with van der Waals surface area (Å²) in [6.07, 6.45) is 3.27. The number of aromatic nitrogens is 1. The molecule has 1 aromatic carbocycles. The Kier molecular flexibility index (Phi) is 4.00. The fourth-order valence-corrected chi connectivity index (χ4v) is 6.41. The number of nitrogens with zero attached hydrogens (tertiary/aromatic N) is 3. The smallest absolute Gasteiger partial charge is 0.244 e. The van der Waals surface area contributed by atoms with Crippen molar-refractivity contribution in [2.24, 2.45) is 5.92 Å². The Morgan fingerprint density at radius 1 is 1.31 bits per heavy atom. The minimum atomic E-state index is -3.90. The zero-order valence-corrected chi connectivity index (χ0v) is 15.4. The van der Waals surface area contributed by atoms with Gasteiger partial charge in [-0.25, -0.2) is 12.8 Å². The second-order valence-corrected chi connectivity index (χ2v) is 8.90. The Morgan fingerprint density at radius 2 is 2.08 bits per heavy atom. The summed E-state index contributed by atoms with van der Waals surface area (Å²) in [6, 6.07) is 4.20. The van der Waals surface area contributed by atoms with E-state index < -0.39 is 15.8 Å². The second kappa shape index (κ2) is 5.99. The normalized spacial score (nSPS) is 26.4. The molecule has 2 aromatic rings. The van der Waals surface area contributed by atoms with Gasteiger partial charge in [-0.1, -0.05) is 12.1 Å². The molecule has 0 saturated carbocycles. The Labute approximate surface area is 151 Å². The zero-order valence-electron chi connectivity index (χ0n) is 14.6. The minimum Gasteiger partial charge on any atom is -0.338 e. The van der Waals surface area contributed by atoms with E-state index in [2.05, 4.69) is 4.98 Å². The predicted molar refractivity (Wildman–Crippen MR) is 94.3 cm³/mol. The Balaban J connectivity index is 1.79. The van der Waals surface area contributed by atoms with Gasteiger partial charge in [0.05, 0.1) is 17.1 Å². The van der Waals surface area contributed by atoms with Crippen molar-refractivity contribution in [1.29, 1.82) is 0 Å². The average Bonchev–Trinajstić information content (AvgIpc) is 3.15. The zero-order chi connectivity index (χ0) is 18.6. The van der Waals surface area contributed by atoms with E-state index in [1.54, 1.807) is 17.0 Å². The van der Waals surface area contributed by atoms with E-state index in [-0.39, 0.29) is 34.2 Å². The Morgan fingerprint density at radius 3 is 2.81 bits per heavy atom. The lowest BCUT2D eigenvalue weighted by molar-refractivity contribution is -0.130. The predicted octanol–water partition coefficient (Wildman–Crippen LogP) is 2.00.